The number of benzene rings is 1. The van der Waals surface area contributed by atoms with Crippen LogP contribution in [0.2, 0.25) is 5.15 Å². The van der Waals surface area contributed by atoms with Crippen LogP contribution in [0.15, 0.2) is 24.3 Å². The highest BCUT2D eigenvalue weighted by Crippen LogP contribution is 2.38. The predicted molar refractivity (Wildman–Crippen MR) is 67.7 cm³/mol. The van der Waals surface area contributed by atoms with Gasteiger partial charge in [0.1, 0.15) is 10.9 Å². The fraction of sp³-hybridized carbons (Fsp3) is 0.0833. The van der Waals surface area contributed by atoms with Crippen LogP contribution in [-0.2, 0) is 6.18 Å². The Hall–Kier alpha value is -2.53. The number of nitrogens with two attached hydrogens (primary N) is 1. The van der Waals surface area contributed by atoms with Gasteiger partial charge in [-0.25, -0.2) is 4.98 Å². The summed E-state index contributed by atoms with van der Waals surface area (Å²) in [6.07, 6.45) is -4.69. The van der Waals surface area contributed by atoms with Crippen molar-refractivity contribution >= 4 is 17.5 Å². The zero-order valence-electron chi connectivity index (χ0n) is 10.1. The average Bonchev–Trinajstić information content (AvgIpc) is 2.36. The zero-order chi connectivity index (χ0) is 15.6. The van der Waals surface area contributed by atoms with E-state index in [1.54, 1.807) is 6.07 Å². The number of nitrogen functional groups attached to an aromatic ring is 1. The third-order valence-electron chi connectivity index (χ3n) is 2.32. The second kappa shape index (κ2) is 5.46. The summed E-state index contributed by atoms with van der Waals surface area (Å²) in [6.45, 7) is 0. The van der Waals surface area contributed by atoms with Gasteiger partial charge in [-0.05, 0) is 18.2 Å². The fourth-order valence-electron chi connectivity index (χ4n) is 1.49. The molecule has 0 radical (unpaired) electrons. The molecule has 1 aromatic heterocycles. The maximum Gasteiger partial charge on any atom is 0.420 e. The molecule has 108 valence electrons. The molecule has 0 aliphatic carbocycles. The molecule has 2 N–H and O–H groups in total. The molecule has 2 aromatic rings. The Morgan fingerprint density at radius 2 is 1.95 bits per heavy atom. The van der Waals surface area contributed by atoms with Crippen LogP contribution in [0.1, 0.15) is 11.1 Å². The minimum atomic E-state index is -4.69. The lowest BCUT2D eigenvalue weighted by Crippen LogP contribution is -2.08. The fourth-order valence-corrected chi connectivity index (χ4v) is 1.67. The maximum atomic E-state index is 13.0. The van der Waals surface area contributed by atoms with E-state index < -0.39 is 17.5 Å². The molecule has 0 amide bonds. The summed E-state index contributed by atoms with van der Waals surface area (Å²) in [6, 6.07) is 5.64. The van der Waals surface area contributed by atoms with E-state index in [1.165, 1.54) is 6.07 Å². The molecule has 0 atom stereocenters. The van der Waals surface area contributed by atoms with Crippen molar-refractivity contribution in [3.8, 4) is 17.7 Å². The van der Waals surface area contributed by atoms with Crippen LogP contribution in [0.4, 0.5) is 19.1 Å². The van der Waals surface area contributed by atoms with E-state index in [0.717, 1.165) is 12.1 Å². The van der Waals surface area contributed by atoms with Crippen LogP contribution < -0.4 is 10.5 Å². The van der Waals surface area contributed by atoms with Gasteiger partial charge >= 0.3 is 6.18 Å². The van der Waals surface area contributed by atoms with Crippen molar-refractivity contribution in [1.82, 2.24) is 9.97 Å². The molecule has 0 aliphatic rings. The SMILES string of the molecule is N#Cc1ccc(Oc2cc(Cl)nc(N)n2)c(C(F)(F)F)c1. The number of anilines is 1. The molecule has 0 saturated carbocycles. The summed E-state index contributed by atoms with van der Waals surface area (Å²) in [5.41, 5.74) is 4.09. The third kappa shape index (κ3) is 3.52. The van der Waals surface area contributed by atoms with Gasteiger partial charge in [0.05, 0.1) is 17.2 Å². The van der Waals surface area contributed by atoms with Crippen molar-refractivity contribution in [3.63, 3.8) is 0 Å². The minimum absolute atomic E-state index is 0.0697. The molecule has 0 bridgehead atoms. The van der Waals surface area contributed by atoms with Crippen molar-refractivity contribution in [1.29, 1.82) is 5.26 Å². The van der Waals surface area contributed by atoms with Crippen molar-refractivity contribution in [2.24, 2.45) is 0 Å². The van der Waals surface area contributed by atoms with E-state index in [-0.39, 0.29) is 22.5 Å². The maximum absolute atomic E-state index is 13.0. The standard InChI is InChI=1S/C12H6ClF3N4O/c13-9-4-10(20-11(18)19-9)21-8-2-1-6(5-17)3-7(8)12(14,15)16/h1-4H,(H2,18,19,20). The number of aromatic nitrogens is 2. The molecule has 5 nitrogen and oxygen atoms in total. The predicted octanol–water partition coefficient (Wildman–Crippen LogP) is 3.39. The number of hydrogen-bond acceptors (Lipinski definition) is 5. The first-order chi connectivity index (χ1) is 9.79. The second-order valence-corrected chi connectivity index (χ2v) is 4.20. The first-order valence-electron chi connectivity index (χ1n) is 5.39. The van der Waals surface area contributed by atoms with Gasteiger partial charge in [-0.2, -0.15) is 23.4 Å². The van der Waals surface area contributed by atoms with Crippen molar-refractivity contribution in [3.05, 3.63) is 40.5 Å². The van der Waals surface area contributed by atoms with Crippen LogP contribution in [-0.4, -0.2) is 9.97 Å². The Bertz CT molecular complexity index is 707. The first-order valence-corrected chi connectivity index (χ1v) is 5.76. The normalized spacial score (nSPS) is 11.0. The summed E-state index contributed by atoms with van der Waals surface area (Å²) >= 11 is 5.62. The summed E-state index contributed by atoms with van der Waals surface area (Å²) in [5.74, 6) is -0.988. The Labute approximate surface area is 121 Å². The van der Waals surface area contributed by atoms with Gasteiger partial charge in [-0.3, -0.25) is 0 Å². The van der Waals surface area contributed by atoms with Crippen LogP contribution in [0.25, 0.3) is 0 Å². The van der Waals surface area contributed by atoms with Gasteiger partial charge in [0, 0.05) is 6.07 Å². The molecule has 1 aromatic carbocycles. The molecule has 2 rings (SSSR count). The summed E-state index contributed by atoms with van der Waals surface area (Å²) < 4.78 is 43.9. The van der Waals surface area contributed by atoms with Crippen LogP contribution >= 0.6 is 11.6 Å². The van der Waals surface area contributed by atoms with E-state index in [1.807, 2.05) is 0 Å². The lowest BCUT2D eigenvalue weighted by atomic mass is 10.1. The minimum Gasteiger partial charge on any atom is -0.438 e. The number of ether oxygens (including phenoxy) is 1. The number of nitrogens with zero attached hydrogens (tertiary/aromatic N) is 3. The largest absolute Gasteiger partial charge is 0.438 e. The van der Waals surface area contributed by atoms with Crippen molar-refractivity contribution < 1.29 is 17.9 Å². The smallest absolute Gasteiger partial charge is 0.420 e. The highest BCUT2D eigenvalue weighted by molar-refractivity contribution is 6.29. The molecule has 21 heavy (non-hydrogen) atoms. The number of rotatable bonds is 2. The van der Waals surface area contributed by atoms with Crippen LogP contribution in [0.3, 0.4) is 0 Å². The Kier molecular flexibility index (Phi) is 3.86. The van der Waals surface area contributed by atoms with Gasteiger partial charge in [-0.1, -0.05) is 11.6 Å². The number of hydrogen-bond donors (Lipinski definition) is 1. The molecular formula is C12H6ClF3N4O. The van der Waals surface area contributed by atoms with E-state index in [2.05, 4.69) is 9.97 Å². The molecule has 0 saturated heterocycles. The van der Waals surface area contributed by atoms with Crippen molar-refractivity contribution in [2.75, 3.05) is 5.73 Å². The Morgan fingerprint density at radius 3 is 2.52 bits per heavy atom. The van der Waals surface area contributed by atoms with Gasteiger partial charge in [0.25, 0.3) is 0 Å². The highest BCUT2D eigenvalue weighted by atomic mass is 35.5. The van der Waals surface area contributed by atoms with Crippen LogP contribution in [0, 0.1) is 11.3 Å². The van der Waals surface area contributed by atoms with E-state index in [0.29, 0.717) is 6.07 Å². The summed E-state index contributed by atoms with van der Waals surface area (Å²) in [7, 11) is 0. The van der Waals surface area contributed by atoms with Gasteiger partial charge in [-0.15, -0.1) is 0 Å². The zero-order valence-corrected chi connectivity index (χ0v) is 10.9. The molecular weight excluding hydrogens is 309 g/mol. The average molecular weight is 315 g/mol. The van der Waals surface area contributed by atoms with E-state index >= 15 is 0 Å². The first kappa shape index (κ1) is 14.9. The highest BCUT2D eigenvalue weighted by Gasteiger charge is 2.35. The number of halogens is 4. The third-order valence-corrected chi connectivity index (χ3v) is 2.51. The van der Waals surface area contributed by atoms with E-state index in [4.69, 9.17) is 27.3 Å². The second-order valence-electron chi connectivity index (χ2n) is 3.81. The van der Waals surface area contributed by atoms with Crippen molar-refractivity contribution in [2.45, 2.75) is 6.18 Å². The lowest BCUT2D eigenvalue weighted by Gasteiger charge is -2.13. The Morgan fingerprint density at radius 1 is 1.24 bits per heavy atom. The van der Waals surface area contributed by atoms with Gasteiger partial charge in [0.15, 0.2) is 0 Å². The molecule has 0 spiro atoms. The Balaban J connectivity index is 2.46. The monoisotopic (exact) mass is 314 g/mol. The van der Waals surface area contributed by atoms with Crippen LogP contribution in [0.5, 0.6) is 11.6 Å². The topological polar surface area (TPSA) is 84.8 Å². The molecule has 9 heteroatoms. The van der Waals surface area contributed by atoms with Gasteiger partial charge in [0.2, 0.25) is 11.8 Å². The molecule has 0 aliphatic heterocycles. The van der Waals surface area contributed by atoms with E-state index in [9.17, 15) is 13.2 Å². The molecule has 1 heterocycles. The summed E-state index contributed by atoms with van der Waals surface area (Å²) in [5, 5.41) is 8.60. The summed E-state index contributed by atoms with van der Waals surface area (Å²) in [4.78, 5) is 7.18. The molecule has 0 fully saturated rings. The quantitative estimate of drug-likeness (QED) is 0.859. The number of nitriles is 1. The molecule has 0 unspecified atom stereocenters. The van der Waals surface area contributed by atoms with Gasteiger partial charge < -0.3 is 10.5 Å². The number of alkyl halides is 3. The lowest BCUT2D eigenvalue weighted by molar-refractivity contribution is -0.138.